The number of amides is 2. The number of hydrogen-bond acceptors (Lipinski definition) is 5. The third-order valence-corrected chi connectivity index (χ3v) is 5.13. The van der Waals surface area contributed by atoms with Crippen LogP contribution in [0.2, 0.25) is 0 Å². The maximum absolute atomic E-state index is 13.4. The summed E-state index contributed by atoms with van der Waals surface area (Å²) in [6, 6.07) is 21.9. The van der Waals surface area contributed by atoms with Crippen LogP contribution in [0.1, 0.15) is 20.7 Å². The van der Waals surface area contributed by atoms with Gasteiger partial charge in [-0.3, -0.25) is 9.59 Å². The van der Waals surface area contributed by atoms with E-state index in [0.29, 0.717) is 9.69 Å². The summed E-state index contributed by atoms with van der Waals surface area (Å²) in [6.45, 7) is 0. The number of fused-ring (bicyclic) bond motifs is 1. The molecule has 32 heavy (non-hydrogen) atoms. The Balaban J connectivity index is 1.88. The zero-order valence-corrected chi connectivity index (χ0v) is 16.4. The molecule has 1 aliphatic rings. The number of imide groups is 1. The third kappa shape index (κ3) is 2.68. The molecule has 0 atom stereocenters. The number of carbonyl (C=O) groups is 2. The van der Waals surface area contributed by atoms with E-state index in [2.05, 4.69) is 0 Å². The summed E-state index contributed by atoms with van der Waals surface area (Å²) in [6.07, 6.45) is 0. The van der Waals surface area contributed by atoms with E-state index in [0.717, 1.165) is 9.13 Å². The molecule has 0 saturated carbocycles. The van der Waals surface area contributed by atoms with Crippen LogP contribution in [-0.2, 0) is 0 Å². The Kier molecular flexibility index (Phi) is 4.30. The first kappa shape index (κ1) is 19.2. The predicted octanol–water partition coefficient (Wildman–Crippen LogP) is 1.08. The minimum Gasteiger partial charge on any atom is -0.267 e. The fraction of sp³-hybridized carbons (Fsp3) is 0. The lowest BCUT2D eigenvalue weighted by atomic mass is 10.1. The van der Waals surface area contributed by atoms with Crippen molar-refractivity contribution in [2.24, 2.45) is 0 Å². The number of hydrogen-bond donors (Lipinski definition) is 0. The summed E-state index contributed by atoms with van der Waals surface area (Å²) < 4.78 is 1.90. The maximum atomic E-state index is 13.4. The van der Waals surface area contributed by atoms with E-state index in [-0.39, 0.29) is 22.5 Å². The lowest BCUT2D eigenvalue weighted by Gasteiger charge is -2.19. The van der Waals surface area contributed by atoms with Crippen LogP contribution in [0.15, 0.2) is 99.3 Å². The molecule has 0 radical (unpaired) electrons. The van der Waals surface area contributed by atoms with Crippen LogP contribution in [-0.4, -0.2) is 25.6 Å². The average molecular weight is 426 g/mol. The largest absolute Gasteiger partial charge is 0.361 e. The topological polar surface area (TPSA) is 103 Å². The zero-order valence-electron chi connectivity index (χ0n) is 16.4. The van der Waals surface area contributed by atoms with Crippen molar-refractivity contribution < 1.29 is 9.59 Å². The molecule has 0 fully saturated rings. The SMILES string of the molecule is O=C1c2ccccc2C(=O)N1n1c(=O)n(-c2ccccc2)c(=O)n(-c2ccccc2)c1=O. The van der Waals surface area contributed by atoms with E-state index in [1.165, 1.54) is 36.4 Å². The van der Waals surface area contributed by atoms with Crippen LogP contribution in [0.25, 0.3) is 11.4 Å². The zero-order chi connectivity index (χ0) is 22.4. The van der Waals surface area contributed by atoms with E-state index in [1.807, 2.05) is 0 Å². The quantitative estimate of drug-likeness (QED) is 0.456. The number of nitrogens with zero attached hydrogens (tertiary/aromatic N) is 4. The summed E-state index contributed by atoms with van der Waals surface area (Å²) >= 11 is 0. The first-order valence-corrected chi connectivity index (χ1v) is 9.61. The van der Waals surface area contributed by atoms with Gasteiger partial charge in [0.2, 0.25) is 0 Å². The highest BCUT2D eigenvalue weighted by atomic mass is 16.2. The van der Waals surface area contributed by atoms with E-state index in [4.69, 9.17) is 0 Å². The van der Waals surface area contributed by atoms with Gasteiger partial charge in [-0.25, -0.2) is 23.5 Å². The summed E-state index contributed by atoms with van der Waals surface area (Å²) in [5.41, 5.74) is -2.71. The van der Waals surface area contributed by atoms with Gasteiger partial charge in [-0.15, -0.1) is 4.68 Å². The Labute approximate surface area is 179 Å². The van der Waals surface area contributed by atoms with Gasteiger partial charge in [0.15, 0.2) is 0 Å². The Morgan fingerprint density at radius 2 is 0.812 bits per heavy atom. The molecule has 9 heteroatoms. The normalized spacial score (nSPS) is 12.8. The van der Waals surface area contributed by atoms with Crippen LogP contribution >= 0.6 is 0 Å². The summed E-state index contributed by atoms with van der Waals surface area (Å²) in [5, 5.41) is 0.480. The molecule has 4 aromatic rings. The van der Waals surface area contributed by atoms with Gasteiger partial charge in [-0.1, -0.05) is 48.5 Å². The minimum absolute atomic E-state index is 0.0625. The van der Waals surface area contributed by atoms with Crippen LogP contribution in [0.4, 0.5) is 0 Å². The van der Waals surface area contributed by atoms with E-state index in [9.17, 15) is 24.0 Å². The molecular formula is C23H14N4O5. The number of rotatable bonds is 3. The second-order valence-corrected chi connectivity index (χ2v) is 6.97. The average Bonchev–Trinajstić information content (AvgIpc) is 3.06. The summed E-state index contributed by atoms with van der Waals surface area (Å²) in [5.74, 6) is -1.66. The van der Waals surface area contributed by atoms with Crippen molar-refractivity contribution in [2.75, 3.05) is 5.01 Å². The Morgan fingerprint density at radius 3 is 1.22 bits per heavy atom. The molecule has 0 spiro atoms. The Hall–Kier alpha value is -4.79. The van der Waals surface area contributed by atoms with Crippen LogP contribution in [0, 0.1) is 0 Å². The first-order chi connectivity index (χ1) is 15.5. The van der Waals surface area contributed by atoms with Crippen molar-refractivity contribution in [3.05, 3.63) is 128 Å². The van der Waals surface area contributed by atoms with E-state index >= 15 is 0 Å². The van der Waals surface area contributed by atoms with E-state index in [1.54, 1.807) is 48.5 Å². The van der Waals surface area contributed by atoms with E-state index < -0.39 is 28.9 Å². The highest BCUT2D eigenvalue weighted by Gasteiger charge is 2.39. The van der Waals surface area contributed by atoms with Gasteiger partial charge in [-0.2, -0.15) is 5.01 Å². The van der Waals surface area contributed by atoms with Crippen LogP contribution < -0.4 is 22.1 Å². The van der Waals surface area contributed by atoms with Crippen molar-refractivity contribution in [2.45, 2.75) is 0 Å². The number of para-hydroxylation sites is 2. The van der Waals surface area contributed by atoms with Crippen molar-refractivity contribution in [1.29, 1.82) is 0 Å². The molecule has 1 aliphatic heterocycles. The van der Waals surface area contributed by atoms with Gasteiger partial charge in [0, 0.05) is 0 Å². The molecule has 0 aliphatic carbocycles. The van der Waals surface area contributed by atoms with Crippen molar-refractivity contribution in [1.82, 2.24) is 13.8 Å². The monoisotopic (exact) mass is 426 g/mol. The predicted molar refractivity (Wildman–Crippen MR) is 115 cm³/mol. The van der Waals surface area contributed by atoms with Crippen molar-refractivity contribution in [3.63, 3.8) is 0 Å². The van der Waals surface area contributed by atoms with Gasteiger partial charge in [0.1, 0.15) is 0 Å². The summed E-state index contributed by atoms with van der Waals surface area (Å²) in [7, 11) is 0. The fourth-order valence-electron chi connectivity index (χ4n) is 3.66. The molecule has 0 unspecified atom stereocenters. The highest BCUT2D eigenvalue weighted by molar-refractivity contribution is 6.30. The number of carbonyl (C=O) groups excluding carboxylic acids is 2. The molecule has 156 valence electrons. The molecule has 0 bridgehead atoms. The van der Waals surface area contributed by atoms with Gasteiger partial charge in [0.25, 0.3) is 11.8 Å². The second kappa shape index (κ2) is 7.17. The second-order valence-electron chi connectivity index (χ2n) is 6.97. The maximum Gasteiger partial charge on any atom is 0.361 e. The fourth-order valence-corrected chi connectivity index (χ4v) is 3.66. The van der Waals surface area contributed by atoms with Crippen molar-refractivity contribution >= 4 is 11.8 Å². The molecule has 9 nitrogen and oxygen atoms in total. The molecular weight excluding hydrogens is 412 g/mol. The smallest absolute Gasteiger partial charge is 0.267 e. The molecule has 2 amide bonds. The van der Waals surface area contributed by atoms with Crippen LogP contribution in [0.5, 0.6) is 0 Å². The molecule has 2 heterocycles. The molecule has 0 saturated heterocycles. The highest BCUT2D eigenvalue weighted by Crippen LogP contribution is 2.20. The third-order valence-electron chi connectivity index (χ3n) is 5.13. The molecule has 0 N–H and O–H groups in total. The minimum atomic E-state index is -1.13. The van der Waals surface area contributed by atoms with Crippen LogP contribution in [0.3, 0.4) is 0 Å². The van der Waals surface area contributed by atoms with Gasteiger partial charge < -0.3 is 0 Å². The van der Waals surface area contributed by atoms with Crippen molar-refractivity contribution in [3.8, 4) is 11.4 Å². The number of aromatic nitrogens is 3. The lowest BCUT2D eigenvalue weighted by molar-refractivity contribution is 0.0879. The molecule has 3 aromatic carbocycles. The van der Waals surface area contributed by atoms with Gasteiger partial charge in [0.05, 0.1) is 22.5 Å². The number of benzene rings is 3. The molecule has 1 aromatic heterocycles. The summed E-state index contributed by atoms with van der Waals surface area (Å²) in [4.78, 5) is 66.1. The lowest BCUT2D eigenvalue weighted by Crippen LogP contribution is -2.61. The Bertz CT molecular complexity index is 1450. The van der Waals surface area contributed by atoms with Gasteiger partial charge in [-0.05, 0) is 36.4 Å². The standard InChI is InChI=1S/C23H14N4O5/c28-19-17-13-7-8-14-18(17)20(29)26(19)27-22(31)24(15-9-3-1-4-10-15)21(30)25(23(27)32)16-11-5-2-6-12-16/h1-14H. The Morgan fingerprint density at radius 1 is 0.438 bits per heavy atom. The first-order valence-electron chi connectivity index (χ1n) is 9.61. The molecule has 5 rings (SSSR count). The van der Waals surface area contributed by atoms with Gasteiger partial charge >= 0.3 is 17.1 Å².